The van der Waals surface area contributed by atoms with Gasteiger partial charge in [0, 0.05) is 23.7 Å². The summed E-state index contributed by atoms with van der Waals surface area (Å²) in [6, 6.07) is 5.18. The monoisotopic (exact) mass is 339 g/mol. The summed E-state index contributed by atoms with van der Waals surface area (Å²) in [7, 11) is -3.43. The van der Waals surface area contributed by atoms with Crippen LogP contribution < -0.4 is 4.74 Å². The SMILES string of the molecule is Cc1ccc(S(=O)(=O)N2CCCC(Oc3ccncn3)C2)s1. The fourth-order valence-corrected chi connectivity index (χ4v) is 5.36. The Bertz CT molecular complexity index is 731. The maximum atomic E-state index is 12.7. The Kier molecular flexibility index (Phi) is 4.42. The van der Waals surface area contributed by atoms with Crippen LogP contribution in [0.25, 0.3) is 0 Å². The Balaban J connectivity index is 1.73. The van der Waals surface area contributed by atoms with Crippen LogP contribution >= 0.6 is 11.3 Å². The van der Waals surface area contributed by atoms with Crippen molar-refractivity contribution in [1.29, 1.82) is 0 Å². The van der Waals surface area contributed by atoms with Crippen molar-refractivity contribution >= 4 is 21.4 Å². The van der Waals surface area contributed by atoms with E-state index in [1.807, 2.05) is 13.0 Å². The Morgan fingerprint density at radius 1 is 1.36 bits per heavy atom. The maximum absolute atomic E-state index is 12.7. The molecule has 6 nitrogen and oxygen atoms in total. The summed E-state index contributed by atoms with van der Waals surface area (Å²) < 4.78 is 33.0. The standard InChI is InChI=1S/C14H17N3O3S2/c1-11-4-5-14(21-11)22(18,19)17-8-2-3-12(9-17)20-13-6-7-15-10-16-13/h4-7,10,12H,2-3,8-9H2,1H3. The van der Waals surface area contributed by atoms with Gasteiger partial charge in [0.25, 0.3) is 10.0 Å². The highest BCUT2D eigenvalue weighted by Crippen LogP contribution is 2.27. The van der Waals surface area contributed by atoms with Crippen molar-refractivity contribution in [3.05, 3.63) is 35.6 Å². The summed E-state index contributed by atoms with van der Waals surface area (Å²) in [5.74, 6) is 0.478. The van der Waals surface area contributed by atoms with E-state index in [2.05, 4.69) is 9.97 Å². The van der Waals surface area contributed by atoms with E-state index in [1.165, 1.54) is 22.0 Å². The first-order chi connectivity index (χ1) is 10.6. The van der Waals surface area contributed by atoms with Gasteiger partial charge >= 0.3 is 0 Å². The summed E-state index contributed by atoms with van der Waals surface area (Å²) in [5.41, 5.74) is 0. The largest absolute Gasteiger partial charge is 0.473 e. The smallest absolute Gasteiger partial charge is 0.252 e. The molecule has 0 saturated carbocycles. The summed E-state index contributed by atoms with van der Waals surface area (Å²) in [6.07, 6.45) is 4.44. The number of rotatable bonds is 4. The number of sulfonamides is 1. The predicted octanol–water partition coefficient (Wildman–Crippen LogP) is 2.08. The summed E-state index contributed by atoms with van der Waals surface area (Å²) >= 11 is 1.30. The van der Waals surface area contributed by atoms with Crippen molar-refractivity contribution in [2.75, 3.05) is 13.1 Å². The molecule has 118 valence electrons. The van der Waals surface area contributed by atoms with E-state index >= 15 is 0 Å². The molecule has 8 heteroatoms. The normalized spacial score (nSPS) is 20.0. The quantitative estimate of drug-likeness (QED) is 0.853. The van der Waals surface area contributed by atoms with Gasteiger partial charge in [-0.3, -0.25) is 0 Å². The van der Waals surface area contributed by atoms with E-state index in [4.69, 9.17) is 4.74 Å². The molecule has 1 saturated heterocycles. The number of piperidine rings is 1. The fourth-order valence-electron chi connectivity index (χ4n) is 2.42. The average Bonchev–Trinajstić information content (AvgIpc) is 2.96. The lowest BCUT2D eigenvalue weighted by molar-refractivity contribution is 0.124. The molecule has 1 fully saturated rings. The highest BCUT2D eigenvalue weighted by Gasteiger charge is 2.32. The van der Waals surface area contributed by atoms with Crippen molar-refractivity contribution in [1.82, 2.24) is 14.3 Å². The van der Waals surface area contributed by atoms with Gasteiger partial charge in [-0.25, -0.2) is 18.4 Å². The summed E-state index contributed by atoms with van der Waals surface area (Å²) in [4.78, 5) is 8.85. The molecule has 0 bridgehead atoms. The van der Waals surface area contributed by atoms with Crippen LogP contribution in [-0.4, -0.2) is 41.9 Å². The molecule has 3 heterocycles. The minimum Gasteiger partial charge on any atom is -0.473 e. The van der Waals surface area contributed by atoms with Crippen LogP contribution in [0.4, 0.5) is 0 Å². The third-order valence-corrected chi connectivity index (χ3v) is 6.83. The van der Waals surface area contributed by atoms with Crippen LogP contribution in [0.1, 0.15) is 17.7 Å². The number of hydrogen-bond donors (Lipinski definition) is 0. The zero-order chi connectivity index (χ0) is 15.6. The number of hydrogen-bond acceptors (Lipinski definition) is 6. The fraction of sp³-hybridized carbons (Fsp3) is 0.429. The van der Waals surface area contributed by atoms with Gasteiger partial charge in [0.2, 0.25) is 5.88 Å². The van der Waals surface area contributed by atoms with Gasteiger partial charge in [-0.05, 0) is 31.9 Å². The topological polar surface area (TPSA) is 72.4 Å². The van der Waals surface area contributed by atoms with Crippen molar-refractivity contribution in [3.8, 4) is 5.88 Å². The minimum atomic E-state index is -3.43. The number of ether oxygens (including phenoxy) is 1. The molecule has 1 unspecified atom stereocenters. The van der Waals surface area contributed by atoms with Gasteiger partial charge in [0.1, 0.15) is 16.6 Å². The Morgan fingerprint density at radius 3 is 2.91 bits per heavy atom. The molecule has 0 amide bonds. The van der Waals surface area contributed by atoms with Crippen molar-refractivity contribution in [3.63, 3.8) is 0 Å². The Morgan fingerprint density at radius 2 is 2.23 bits per heavy atom. The van der Waals surface area contributed by atoms with Crippen LogP contribution in [-0.2, 0) is 10.0 Å². The van der Waals surface area contributed by atoms with Gasteiger partial charge in [0.15, 0.2) is 0 Å². The van der Waals surface area contributed by atoms with E-state index < -0.39 is 10.0 Å². The second-order valence-corrected chi connectivity index (χ2v) is 8.61. The van der Waals surface area contributed by atoms with Gasteiger partial charge < -0.3 is 4.74 Å². The average molecular weight is 339 g/mol. The number of aromatic nitrogens is 2. The predicted molar refractivity (Wildman–Crippen MR) is 83.5 cm³/mol. The molecule has 0 radical (unpaired) electrons. The lowest BCUT2D eigenvalue weighted by Crippen LogP contribution is -2.44. The minimum absolute atomic E-state index is 0.181. The van der Waals surface area contributed by atoms with E-state index in [0.29, 0.717) is 23.2 Å². The maximum Gasteiger partial charge on any atom is 0.252 e. The lowest BCUT2D eigenvalue weighted by atomic mass is 10.1. The first-order valence-corrected chi connectivity index (χ1v) is 9.30. The third-order valence-electron chi connectivity index (χ3n) is 3.49. The molecule has 3 rings (SSSR count). The summed E-state index contributed by atoms with van der Waals surface area (Å²) in [5, 5.41) is 0. The molecule has 0 aromatic carbocycles. The Hall–Kier alpha value is -1.51. The molecule has 0 N–H and O–H groups in total. The molecule has 2 aromatic heterocycles. The van der Waals surface area contributed by atoms with Crippen LogP contribution in [0, 0.1) is 6.92 Å². The molecule has 1 atom stereocenters. The zero-order valence-electron chi connectivity index (χ0n) is 12.2. The van der Waals surface area contributed by atoms with Gasteiger partial charge in [-0.15, -0.1) is 11.3 Å². The first kappa shape index (κ1) is 15.4. The van der Waals surface area contributed by atoms with E-state index in [9.17, 15) is 8.42 Å². The third kappa shape index (κ3) is 3.29. The van der Waals surface area contributed by atoms with E-state index in [-0.39, 0.29) is 6.10 Å². The van der Waals surface area contributed by atoms with Crippen LogP contribution in [0.3, 0.4) is 0 Å². The molecule has 1 aliphatic rings. The molecule has 1 aliphatic heterocycles. The van der Waals surface area contributed by atoms with Crippen molar-refractivity contribution in [2.45, 2.75) is 30.1 Å². The first-order valence-electron chi connectivity index (χ1n) is 7.05. The summed E-state index contributed by atoms with van der Waals surface area (Å²) in [6.45, 7) is 2.78. The highest BCUT2D eigenvalue weighted by molar-refractivity contribution is 7.91. The van der Waals surface area contributed by atoms with E-state index in [0.717, 1.165) is 17.7 Å². The molecule has 0 spiro atoms. The second kappa shape index (κ2) is 6.31. The Labute approximate surface area is 133 Å². The molecule has 2 aromatic rings. The van der Waals surface area contributed by atoms with Crippen LogP contribution in [0.5, 0.6) is 5.88 Å². The van der Waals surface area contributed by atoms with Gasteiger partial charge in [-0.1, -0.05) is 0 Å². The second-order valence-electron chi connectivity index (χ2n) is 5.16. The molecular weight excluding hydrogens is 322 g/mol. The van der Waals surface area contributed by atoms with Crippen LogP contribution in [0.15, 0.2) is 34.9 Å². The van der Waals surface area contributed by atoms with Gasteiger partial charge in [-0.2, -0.15) is 4.31 Å². The van der Waals surface area contributed by atoms with Crippen molar-refractivity contribution in [2.24, 2.45) is 0 Å². The molecule has 22 heavy (non-hydrogen) atoms. The molecular formula is C14H17N3O3S2. The molecule has 0 aliphatic carbocycles. The van der Waals surface area contributed by atoms with Crippen LogP contribution in [0.2, 0.25) is 0 Å². The highest BCUT2D eigenvalue weighted by atomic mass is 32.2. The van der Waals surface area contributed by atoms with E-state index in [1.54, 1.807) is 18.3 Å². The van der Waals surface area contributed by atoms with Gasteiger partial charge in [0.05, 0.1) is 6.54 Å². The lowest BCUT2D eigenvalue weighted by Gasteiger charge is -2.31. The van der Waals surface area contributed by atoms with Crippen molar-refractivity contribution < 1.29 is 13.2 Å². The number of nitrogens with zero attached hydrogens (tertiary/aromatic N) is 3. The number of aryl methyl sites for hydroxylation is 1. The zero-order valence-corrected chi connectivity index (χ0v) is 13.8. The number of thiophene rings is 1.